The Hall–Kier alpha value is -1.73. The van der Waals surface area contributed by atoms with E-state index >= 15 is 0 Å². The molecule has 0 nitrogen and oxygen atoms in total. The van der Waals surface area contributed by atoms with E-state index in [0.717, 1.165) is 22.9 Å². The van der Waals surface area contributed by atoms with E-state index in [4.69, 9.17) is 23.2 Å². The Balaban J connectivity index is 0.00000281. The van der Waals surface area contributed by atoms with E-state index in [1.807, 2.05) is 12.1 Å². The van der Waals surface area contributed by atoms with E-state index in [1.54, 1.807) is 12.1 Å². The van der Waals surface area contributed by atoms with Gasteiger partial charge < -0.3 is 24.8 Å². The topological polar surface area (TPSA) is 0 Å². The number of allylic oxidation sites excluding steroid dienone is 4. The minimum absolute atomic E-state index is 0. The maximum Gasteiger partial charge on any atom is -1.00 e. The van der Waals surface area contributed by atoms with Crippen LogP contribution >= 0.6 is 23.2 Å². The van der Waals surface area contributed by atoms with Gasteiger partial charge >= 0.3 is 310 Å². The van der Waals surface area contributed by atoms with Crippen molar-refractivity contribution in [3.63, 3.8) is 0 Å². The molecule has 0 aromatic heterocycles. The maximum absolute atomic E-state index is 6.82. The molecule has 5 heteroatoms. The number of hydrogen-bond donors (Lipinski definition) is 0. The molecule has 0 heterocycles. The minimum Gasteiger partial charge on any atom is -1.00 e. The molecular weight excluding hydrogens is 774 g/mol. The predicted octanol–water partition coefficient (Wildman–Crippen LogP) is 6.58. The molecule has 6 rings (SSSR count). The van der Waals surface area contributed by atoms with E-state index in [2.05, 4.69) is 148 Å². The molecule has 0 bridgehead atoms. The summed E-state index contributed by atoms with van der Waals surface area (Å²) in [5.41, 5.74) is 12.8. The Morgan fingerprint density at radius 2 is 1.28 bits per heavy atom. The van der Waals surface area contributed by atoms with Crippen LogP contribution in [0.15, 0.2) is 99.9 Å². The molecule has 0 aliphatic heterocycles. The fourth-order valence-corrected chi connectivity index (χ4v) is 17.5. The van der Waals surface area contributed by atoms with Gasteiger partial charge in [-0.1, -0.05) is 0 Å². The molecule has 0 amide bonds. The smallest absolute Gasteiger partial charge is 1.00 e. The van der Waals surface area contributed by atoms with Gasteiger partial charge in [-0.25, -0.2) is 0 Å². The van der Waals surface area contributed by atoms with Crippen LogP contribution in [0, 0.1) is 11.3 Å². The van der Waals surface area contributed by atoms with Crippen LogP contribution in [0.4, 0.5) is 0 Å². The summed E-state index contributed by atoms with van der Waals surface area (Å²) in [6, 6.07) is 29.3. The second-order valence-electron chi connectivity index (χ2n) is 16.8. The fourth-order valence-electron chi connectivity index (χ4n) is 7.50. The summed E-state index contributed by atoms with van der Waals surface area (Å²) < 4.78 is 4.75. The first-order valence-electron chi connectivity index (χ1n) is 17.5. The van der Waals surface area contributed by atoms with Crippen LogP contribution < -0.4 is 28.1 Å². The maximum atomic E-state index is 6.82. The summed E-state index contributed by atoms with van der Waals surface area (Å²) in [5, 5.41) is 1.54. The van der Waals surface area contributed by atoms with Crippen molar-refractivity contribution in [2.75, 3.05) is 0 Å². The number of rotatable bonds is 5. The Bertz CT molecular complexity index is 1960. The molecule has 0 fully saturated rings. The van der Waals surface area contributed by atoms with Crippen molar-refractivity contribution in [1.82, 2.24) is 0 Å². The monoisotopic (exact) mass is 820 g/mol. The molecule has 1 atom stereocenters. The second kappa shape index (κ2) is 15.3. The number of fused-ring (bicyclic) bond motifs is 3. The first kappa shape index (κ1) is 41.0. The van der Waals surface area contributed by atoms with Gasteiger partial charge in [0.15, 0.2) is 0 Å². The van der Waals surface area contributed by atoms with Gasteiger partial charge in [-0.2, -0.15) is 0 Å². The number of halogens is 4. The Morgan fingerprint density at radius 3 is 1.78 bits per heavy atom. The van der Waals surface area contributed by atoms with E-state index in [0.29, 0.717) is 5.92 Å². The van der Waals surface area contributed by atoms with Gasteiger partial charge in [-0.3, -0.25) is 0 Å². The molecule has 2 aliphatic carbocycles. The van der Waals surface area contributed by atoms with Crippen molar-refractivity contribution in [3.05, 3.63) is 143 Å². The van der Waals surface area contributed by atoms with Gasteiger partial charge in [0, 0.05) is 0 Å². The molecule has 50 heavy (non-hydrogen) atoms. The van der Waals surface area contributed by atoms with Crippen LogP contribution in [-0.2, 0) is 38.5 Å². The first-order valence-corrected chi connectivity index (χ1v) is 21.9. The summed E-state index contributed by atoms with van der Waals surface area (Å²) >= 11 is 10.5. The summed E-state index contributed by atoms with van der Waals surface area (Å²) in [5.74, 6) is 0.405. The Morgan fingerprint density at radius 1 is 0.700 bits per heavy atom. The molecule has 4 aromatic carbocycles. The van der Waals surface area contributed by atoms with Crippen LogP contribution in [0.5, 0.6) is 0 Å². The molecule has 0 N–H and O–H groups in total. The van der Waals surface area contributed by atoms with Gasteiger partial charge in [0.1, 0.15) is 0 Å². The van der Waals surface area contributed by atoms with E-state index in [-0.39, 0.29) is 41.1 Å². The van der Waals surface area contributed by atoms with Crippen molar-refractivity contribution < 1.29 is 46.1 Å². The van der Waals surface area contributed by atoms with Crippen molar-refractivity contribution in [2.45, 2.75) is 92.9 Å². The van der Waals surface area contributed by atoms with E-state index in [1.165, 1.54) is 47.7 Å². The van der Waals surface area contributed by atoms with Gasteiger partial charge in [0.25, 0.3) is 0 Å². The number of hydrogen-bond acceptors (Lipinski definition) is 0. The van der Waals surface area contributed by atoms with Crippen molar-refractivity contribution in [3.8, 4) is 11.1 Å². The van der Waals surface area contributed by atoms with Crippen LogP contribution in [0.2, 0.25) is 10.0 Å². The van der Waals surface area contributed by atoms with Crippen molar-refractivity contribution in [1.29, 1.82) is 0 Å². The zero-order valence-corrected chi connectivity index (χ0v) is 36.6. The normalized spacial score (nSPS) is 15.1. The third kappa shape index (κ3) is 8.09. The first-order chi connectivity index (χ1) is 22.5. The van der Waals surface area contributed by atoms with E-state index < -0.39 is 21.3 Å². The Kier molecular flexibility index (Phi) is 12.6. The molecule has 0 saturated carbocycles. The van der Waals surface area contributed by atoms with Crippen molar-refractivity contribution >= 4 is 29.7 Å². The zero-order valence-electron chi connectivity index (χ0n) is 31.2. The Labute approximate surface area is 331 Å². The van der Waals surface area contributed by atoms with E-state index in [9.17, 15) is 0 Å². The molecule has 262 valence electrons. The molecule has 0 saturated heterocycles. The van der Waals surface area contributed by atoms with Crippen LogP contribution in [-0.4, -0.2) is 3.21 Å². The molecule has 4 aromatic rings. The standard InChI is InChI=1S/C21H25.C13H8Cl2.C11H17.2ClH.Zr/c1-20(2,3)16-7-9-18-14(12-16)11-15-13-17(21(4,5)6)8-10-19(15)18;14-12-5-1-3-10(8-12)7-11-4-2-6-13(15)9-11;1-5-9-6-7-10(8-9)11(2,3)4;;;/h7-10,12H,11H2,1-6H3;1-6,8-9H;7-9H,5H2,1-4H3;2*1H;/q;;;;;+2/p-2. The van der Waals surface area contributed by atoms with Gasteiger partial charge in [-0.15, -0.1) is 0 Å². The molecule has 2 aliphatic rings. The third-order valence-corrected chi connectivity index (χ3v) is 18.6. The summed E-state index contributed by atoms with van der Waals surface area (Å²) in [6.07, 6.45) is 7.28. The molecule has 0 radical (unpaired) electrons. The average Bonchev–Trinajstić information content (AvgIpc) is 3.60. The van der Waals surface area contributed by atoms with Gasteiger partial charge in [0.2, 0.25) is 0 Å². The summed E-state index contributed by atoms with van der Waals surface area (Å²) in [6.45, 7) is 23.6. The molecule has 1 unspecified atom stereocenters. The largest absolute Gasteiger partial charge is 1.00 e. The van der Waals surface area contributed by atoms with Gasteiger partial charge in [0.05, 0.1) is 0 Å². The van der Waals surface area contributed by atoms with Crippen LogP contribution in [0.25, 0.3) is 11.1 Å². The fraction of sp³-hybridized carbons (Fsp3) is 0.356. The molecule has 0 spiro atoms. The van der Waals surface area contributed by atoms with Crippen LogP contribution in [0.1, 0.15) is 109 Å². The summed E-state index contributed by atoms with van der Waals surface area (Å²) in [7, 11) is 0. The van der Waals surface area contributed by atoms with Crippen molar-refractivity contribution in [2.24, 2.45) is 11.3 Å². The second-order valence-corrected chi connectivity index (χ2v) is 23.4. The molecular formula is C45H50Cl4Zr. The number of benzene rings is 4. The van der Waals surface area contributed by atoms with Gasteiger partial charge in [-0.05, 0) is 0 Å². The third-order valence-electron chi connectivity index (χ3n) is 10.2. The quantitative estimate of drug-likeness (QED) is 0.188. The van der Waals surface area contributed by atoms with Crippen LogP contribution in [0.3, 0.4) is 0 Å². The minimum atomic E-state index is -3.10. The summed E-state index contributed by atoms with van der Waals surface area (Å²) in [4.78, 5) is 0. The SMILES string of the molecule is CCC1C=C(C(C)(C)C)C=[C]1[Zr+2](=[C](c1cccc(Cl)c1)c1cccc(Cl)c1)[c]1c(C(C)(C)C)ccc2c1Cc1cc(C(C)(C)C)ccc1-2.[Cl-].[Cl-]. The average molecular weight is 824 g/mol. The predicted molar refractivity (Wildman–Crippen MR) is 207 cm³/mol. The zero-order chi connectivity index (χ0) is 34.8.